The molecule has 1 aliphatic carbocycles. The third-order valence-electron chi connectivity index (χ3n) is 2.37. The van der Waals surface area contributed by atoms with Crippen molar-refractivity contribution in [2.24, 2.45) is 5.92 Å². The van der Waals surface area contributed by atoms with E-state index in [4.69, 9.17) is 1.37 Å². The maximum absolute atomic E-state index is 9.48. The van der Waals surface area contributed by atoms with Gasteiger partial charge in [0, 0.05) is 0 Å². The molecule has 10 heavy (non-hydrogen) atoms. The van der Waals surface area contributed by atoms with Crippen molar-refractivity contribution in [1.82, 2.24) is 0 Å². The standard InChI is InChI=1S/C9H16O/c1-3-8-5-4-7(2)9(10)6-8/h3,7,9-10H,4-6H2,1-2H3/b8-3+/t7-,9-/m1/s1/i3D. The maximum Gasteiger partial charge on any atom is 0.0602 e. The molecule has 2 atom stereocenters. The number of aliphatic hydroxyl groups is 1. The fourth-order valence-corrected chi connectivity index (χ4v) is 1.38. The lowest BCUT2D eigenvalue weighted by Gasteiger charge is -2.26. The Labute approximate surface area is 64.2 Å². The van der Waals surface area contributed by atoms with Crippen molar-refractivity contribution in [2.45, 2.75) is 39.2 Å². The third-order valence-corrected chi connectivity index (χ3v) is 2.37. The van der Waals surface area contributed by atoms with E-state index < -0.39 is 0 Å². The summed E-state index contributed by atoms with van der Waals surface area (Å²) in [6.07, 6.45) is 2.55. The van der Waals surface area contributed by atoms with E-state index in [1.807, 2.05) is 0 Å². The third kappa shape index (κ3) is 1.60. The summed E-state index contributed by atoms with van der Waals surface area (Å²) in [4.78, 5) is 0. The van der Waals surface area contributed by atoms with Crippen molar-refractivity contribution < 1.29 is 6.48 Å². The number of allylic oxidation sites excluding steroid dienone is 1. The zero-order chi connectivity index (χ0) is 8.43. The molecule has 0 aromatic carbocycles. The van der Waals surface area contributed by atoms with Crippen molar-refractivity contribution >= 4 is 0 Å². The van der Waals surface area contributed by atoms with Crippen LogP contribution in [-0.4, -0.2) is 11.2 Å². The molecule has 0 aromatic rings. The normalized spacial score (nSPS) is 40.9. The summed E-state index contributed by atoms with van der Waals surface area (Å²) in [6.45, 7) is 3.87. The number of aliphatic hydroxyl groups excluding tert-OH is 1. The zero-order valence-corrected chi connectivity index (χ0v) is 6.72. The Morgan fingerprint density at radius 2 is 2.50 bits per heavy atom. The second-order valence-corrected chi connectivity index (χ2v) is 3.14. The molecule has 0 spiro atoms. The molecule has 0 heterocycles. The van der Waals surface area contributed by atoms with Gasteiger partial charge in [0.15, 0.2) is 0 Å². The van der Waals surface area contributed by atoms with Crippen LogP contribution in [0.15, 0.2) is 11.6 Å². The van der Waals surface area contributed by atoms with E-state index in [1.54, 1.807) is 6.92 Å². The van der Waals surface area contributed by atoms with Gasteiger partial charge in [-0.2, -0.15) is 0 Å². The predicted molar refractivity (Wildman–Crippen MR) is 42.8 cm³/mol. The van der Waals surface area contributed by atoms with Crippen LogP contribution in [0.4, 0.5) is 0 Å². The summed E-state index contributed by atoms with van der Waals surface area (Å²) < 4.78 is 7.40. The first-order valence-corrected chi connectivity index (χ1v) is 3.94. The minimum Gasteiger partial charge on any atom is -0.393 e. The summed E-state index contributed by atoms with van der Waals surface area (Å²) in [5.74, 6) is 0.415. The SMILES string of the molecule is [2H]/C(C)=C1/CC[C@@H](C)[C@H](O)C1. The fraction of sp³-hybridized carbons (Fsp3) is 0.778. The van der Waals surface area contributed by atoms with Crippen molar-refractivity contribution in [3.63, 3.8) is 0 Å². The highest BCUT2D eigenvalue weighted by molar-refractivity contribution is 5.05. The van der Waals surface area contributed by atoms with Gasteiger partial charge in [-0.3, -0.25) is 0 Å². The van der Waals surface area contributed by atoms with Gasteiger partial charge in [-0.05, 0) is 32.1 Å². The Hall–Kier alpha value is -0.300. The smallest absolute Gasteiger partial charge is 0.0602 e. The molecule has 0 aliphatic heterocycles. The second-order valence-electron chi connectivity index (χ2n) is 3.14. The topological polar surface area (TPSA) is 20.2 Å². The molecule has 1 fully saturated rings. The van der Waals surface area contributed by atoms with Crippen LogP contribution < -0.4 is 0 Å². The average Bonchev–Trinajstić information content (AvgIpc) is 1.94. The summed E-state index contributed by atoms with van der Waals surface area (Å²) in [5, 5.41) is 9.48. The molecule has 0 amide bonds. The molecule has 0 radical (unpaired) electrons. The van der Waals surface area contributed by atoms with Crippen LogP contribution in [0.25, 0.3) is 0 Å². The van der Waals surface area contributed by atoms with E-state index in [9.17, 15) is 5.11 Å². The van der Waals surface area contributed by atoms with E-state index in [2.05, 4.69) is 6.92 Å². The summed E-state index contributed by atoms with van der Waals surface area (Å²) in [6, 6.07) is 0.649. The van der Waals surface area contributed by atoms with Gasteiger partial charge in [0.25, 0.3) is 0 Å². The quantitative estimate of drug-likeness (QED) is 0.512. The largest absolute Gasteiger partial charge is 0.393 e. The lowest BCUT2D eigenvalue weighted by Crippen LogP contribution is -2.22. The van der Waals surface area contributed by atoms with Crippen molar-refractivity contribution in [1.29, 1.82) is 0 Å². The Morgan fingerprint density at radius 3 is 3.00 bits per heavy atom. The Balaban J connectivity index is 2.60. The molecule has 0 saturated heterocycles. The lowest BCUT2D eigenvalue weighted by atomic mass is 9.85. The Morgan fingerprint density at radius 1 is 1.80 bits per heavy atom. The van der Waals surface area contributed by atoms with Crippen molar-refractivity contribution in [3.05, 3.63) is 11.6 Å². The average molecular weight is 141 g/mol. The van der Waals surface area contributed by atoms with Crippen LogP contribution >= 0.6 is 0 Å². The van der Waals surface area contributed by atoms with Gasteiger partial charge in [0.2, 0.25) is 0 Å². The van der Waals surface area contributed by atoms with Crippen molar-refractivity contribution in [3.8, 4) is 0 Å². The summed E-state index contributed by atoms with van der Waals surface area (Å²) >= 11 is 0. The molecular formula is C9H16O. The van der Waals surface area contributed by atoms with Gasteiger partial charge in [-0.25, -0.2) is 0 Å². The second kappa shape index (κ2) is 3.20. The van der Waals surface area contributed by atoms with E-state index >= 15 is 0 Å². The van der Waals surface area contributed by atoms with Crippen LogP contribution in [-0.2, 0) is 0 Å². The summed E-state index contributed by atoms with van der Waals surface area (Å²) in [5.41, 5.74) is 1.13. The van der Waals surface area contributed by atoms with E-state index in [0.717, 1.165) is 24.8 Å². The summed E-state index contributed by atoms with van der Waals surface area (Å²) in [7, 11) is 0. The minimum atomic E-state index is -0.209. The van der Waals surface area contributed by atoms with E-state index in [1.165, 1.54) is 0 Å². The van der Waals surface area contributed by atoms with Gasteiger partial charge >= 0.3 is 0 Å². The molecule has 58 valence electrons. The molecule has 1 N–H and O–H groups in total. The molecule has 1 saturated carbocycles. The van der Waals surface area contributed by atoms with E-state index in [0.29, 0.717) is 12.0 Å². The molecule has 0 bridgehead atoms. The molecule has 0 aromatic heterocycles. The van der Waals surface area contributed by atoms with Gasteiger partial charge in [0.05, 0.1) is 7.47 Å². The molecule has 1 nitrogen and oxygen atoms in total. The van der Waals surface area contributed by atoms with Crippen LogP contribution in [0.5, 0.6) is 0 Å². The van der Waals surface area contributed by atoms with E-state index in [-0.39, 0.29) is 6.10 Å². The highest BCUT2D eigenvalue weighted by Gasteiger charge is 2.20. The highest BCUT2D eigenvalue weighted by atomic mass is 16.3. The molecule has 1 heteroatoms. The first-order valence-electron chi connectivity index (χ1n) is 4.44. The van der Waals surface area contributed by atoms with Crippen LogP contribution in [0, 0.1) is 5.92 Å². The Kier molecular flexibility index (Phi) is 2.05. The van der Waals surface area contributed by atoms with Gasteiger partial charge in [-0.1, -0.05) is 18.5 Å². The van der Waals surface area contributed by atoms with Gasteiger partial charge in [0.1, 0.15) is 0 Å². The zero-order valence-electron chi connectivity index (χ0n) is 7.72. The molecule has 1 aliphatic rings. The van der Waals surface area contributed by atoms with Crippen LogP contribution in [0.2, 0.25) is 0 Å². The molecule has 1 rings (SSSR count). The molecular weight excluding hydrogens is 124 g/mol. The van der Waals surface area contributed by atoms with Crippen LogP contribution in [0.1, 0.15) is 34.5 Å². The van der Waals surface area contributed by atoms with Crippen LogP contribution in [0.3, 0.4) is 0 Å². The monoisotopic (exact) mass is 141 g/mol. The Bertz CT molecular complexity index is 170. The minimum absolute atomic E-state index is 0.209. The lowest BCUT2D eigenvalue weighted by molar-refractivity contribution is 0.0978. The first-order chi connectivity index (χ1) is 5.11. The number of hydrogen-bond donors (Lipinski definition) is 1. The van der Waals surface area contributed by atoms with Crippen molar-refractivity contribution in [2.75, 3.05) is 0 Å². The highest BCUT2D eigenvalue weighted by Crippen LogP contribution is 2.27. The number of hydrogen-bond acceptors (Lipinski definition) is 1. The number of rotatable bonds is 0. The predicted octanol–water partition coefficient (Wildman–Crippen LogP) is 2.11. The van der Waals surface area contributed by atoms with Gasteiger partial charge < -0.3 is 5.11 Å². The first kappa shape index (κ1) is 6.41. The molecule has 0 unspecified atom stereocenters. The fourth-order valence-electron chi connectivity index (χ4n) is 1.38. The van der Waals surface area contributed by atoms with Gasteiger partial charge in [-0.15, -0.1) is 0 Å². The maximum atomic E-state index is 9.48.